The van der Waals surface area contributed by atoms with Crippen LogP contribution in [-0.2, 0) is 32.1 Å². The van der Waals surface area contributed by atoms with Crippen LogP contribution < -0.4 is 25.8 Å². The Bertz CT molecular complexity index is 1660. The number of halogens is 3. The van der Waals surface area contributed by atoms with E-state index in [2.05, 4.69) is 0 Å². The Labute approximate surface area is 301 Å². The molecular weight excluding hydrogens is 688 g/mol. The van der Waals surface area contributed by atoms with Gasteiger partial charge in [0.2, 0.25) is 11.8 Å². The molecule has 2 fully saturated rings. The third-order valence-corrected chi connectivity index (χ3v) is 10.6. The number of nitrogens with zero attached hydrogens (tertiary/aromatic N) is 3. The number of amides is 2. The maximum absolute atomic E-state index is 14.7. The fourth-order valence-corrected chi connectivity index (χ4v) is 7.76. The molecule has 5 rings (SSSR count). The maximum Gasteiger partial charge on any atom is 0.312 e. The number of rotatable bonds is 13. The highest BCUT2D eigenvalue weighted by Gasteiger charge is 2.52. The number of esters is 1. The van der Waals surface area contributed by atoms with E-state index in [1.165, 1.54) is 14.2 Å². The molecule has 15 heteroatoms. The normalized spacial score (nSPS) is 22.1. The summed E-state index contributed by atoms with van der Waals surface area (Å²) < 4.78 is 50.1. The molecule has 2 aliphatic heterocycles. The summed E-state index contributed by atoms with van der Waals surface area (Å²) in [5.74, 6) is 5.53. The Balaban J connectivity index is 1.45. The van der Waals surface area contributed by atoms with Crippen LogP contribution in [0.3, 0.4) is 0 Å². The zero-order valence-electron chi connectivity index (χ0n) is 29.4. The largest absolute Gasteiger partial charge is 0.497 e. The van der Waals surface area contributed by atoms with E-state index in [1.54, 1.807) is 54.2 Å². The van der Waals surface area contributed by atoms with Crippen LogP contribution in [0.15, 0.2) is 41.7 Å². The first-order valence-corrected chi connectivity index (χ1v) is 17.3. The first-order valence-electron chi connectivity index (χ1n) is 17.0. The number of likely N-dealkylation sites (tertiary alicyclic amines) is 1. The fraction of sp³-hybridized carbons (Fsp3) is 0.528. The SMILES string of the molecule is COc1ccc(COC(=O)[C@@]2(C)CCCC2C(=O)N2CCc3c(Cl)ccc(OC/C(N)=C(\C(F)F)N(C)N)c3C2CN2CCCC2=O)c(OC)c1. The summed E-state index contributed by atoms with van der Waals surface area (Å²) >= 11 is 6.71. The van der Waals surface area contributed by atoms with Crippen LogP contribution in [0.4, 0.5) is 8.78 Å². The average molecular weight is 734 g/mol. The predicted molar refractivity (Wildman–Crippen MR) is 185 cm³/mol. The number of carbonyl (C=O) groups excluding carboxylic acids is 3. The third kappa shape index (κ3) is 7.81. The van der Waals surface area contributed by atoms with Crippen molar-refractivity contribution in [1.29, 1.82) is 0 Å². The van der Waals surface area contributed by atoms with Crippen LogP contribution in [0.2, 0.25) is 5.02 Å². The predicted octanol–water partition coefficient (Wildman–Crippen LogP) is 4.57. The van der Waals surface area contributed by atoms with E-state index in [4.69, 9.17) is 42.1 Å². The van der Waals surface area contributed by atoms with Gasteiger partial charge in [0.25, 0.3) is 6.43 Å². The topological polar surface area (TPSA) is 150 Å². The summed E-state index contributed by atoms with van der Waals surface area (Å²) in [5.41, 5.74) is 6.02. The fourth-order valence-electron chi connectivity index (χ4n) is 7.50. The number of benzene rings is 2. The molecule has 1 aliphatic carbocycles. The van der Waals surface area contributed by atoms with Gasteiger partial charge in [0, 0.05) is 55.3 Å². The van der Waals surface area contributed by atoms with Crippen LogP contribution in [-0.4, -0.2) is 86.5 Å². The highest BCUT2D eigenvalue weighted by atomic mass is 35.5. The zero-order chi connectivity index (χ0) is 37.0. The molecule has 0 bridgehead atoms. The molecule has 0 aromatic heterocycles. The molecule has 0 spiro atoms. The maximum atomic E-state index is 14.7. The number of ether oxygens (including phenoxy) is 4. The van der Waals surface area contributed by atoms with E-state index in [-0.39, 0.29) is 37.2 Å². The number of carbonyl (C=O) groups is 3. The lowest BCUT2D eigenvalue weighted by atomic mass is 9.78. The van der Waals surface area contributed by atoms with Crippen LogP contribution >= 0.6 is 11.6 Å². The van der Waals surface area contributed by atoms with Crippen molar-refractivity contribution < 1.29 is 42.1 Å². The van der Waals surface area contributed by atoms with E-state index in [9.17, 15) is 23.2 Å². The number of hydrazine groups is 1. The van der Waals surface area contributed by atoms with Gasteiger partial charge in [-0.05, 0) is 62.4 Å². The molecule has 2 heterocycles. The third-order valence-electron chi connectivity index (χ3n) is 10.3. The summed E-state index contributed by atoms with van der Waals surface area (Å²) in [5, 5.41) is 1.20. The molecule has 2 aromatic rings. The van der Waals surface area contributed by atoms with Gasteiger partial charge in [-0.3, -0.25) is 14.4 Å². The summed E-state index contributed by atoms with van der Waals surface area (Å²) in [7, 11) is 4.32. The van der Waals surface area contributed by atoms with Crippen molar-refractivity contribution >= 4 is 29.4 Å². The zero-order valence-corrected chi connectivity index (χ0v) is 30.1. The molecule has 1 saturated heterocycles. The summed E-state index contributed by atoms with van der Waals surface area (Å²) in [6.45, 7) is 2.26. The van der Waals surface area contributed by atoms with Gasteiger partial charge in [-0.2, -0.15) is 0 Å². The lowest BCUT2D eigenvalue weighted by Crippen LogP contribution is -2.50. The number of hydrogen-bond acceptors (Lipinski definition) is 10. The van der Waals surface area contributed by atoms with Crippen molar-refractivity contribution in [3.05, 3.63) is 63.4 Å². The quantitative estimate of drug-likeness (QED) is 0.170. The molecule has 3 atom stereocenters. The van der Waals surface area contributed by atoms with Gasteiger partial charge in [-0.15, -0.1) is 0 Å². The second kappa shape index (κ2) is 15.9. The monoisotopic (exact) mass is 733 g/mol. The Hall–Kier alpha value is -4.30. The minimum absolute atomic E-state index is 0.0398. The molecule has 278 valence electrons. The van der Waals surface area contributed by atoms with E-state index in [0.717, 1.165) is 10.6 Å². The molecule has 2 amide bonds. The van der Waals surface area contributed by atoms with E-state index < -0.39 is 42.1 Å². The number of fused-ring (bicyclic) bond motifs is 1. The van der Waals surface area contributed by atoms with Crippen molar-refractivity contribution in [2.24, 2.45) is 22.9 Å². The van der Waals surface area contributed by atoms with Gasteiger partial charge in [0.05, 0.1) is 37.3 Å². The van der Waals surface area contributed by atoms with E-state index >= 15 is 0 Å². The highest BCUT2D eigenvalue weighted by Crippen LogP contribution is 2.48. The van der Waals surface area contributed by atoms with Gasteiger partial charge in [-0.1, -0.05) is 18.0 Å². The highest BCUT2D eigenvalue weighted by molar-refractivity contribution is 6.31. The van der Waals surface area contributed by atoms with Gasteiger partial charge >= 0.3 is 5.97 Å². The molecule has 0 radical (unpaired) electrons. The molecule has 1 saturated carbocycles. The molecule has 12 nitrogen and oxygen atoms in total. The number of alkyl halides is 2. The van der Waals surface area contributed by atoms with E-state index in [1.807, 2.05) is 0 Å². The van der Waals surface area contributed by atoms with E-state index in [0.29, 0.717) is 78.5 Å². The summed E-state index contributed by atoms with van der Waals surface area (Å²) in [4.78, 5) is 44.9. The van der Waals surface area contributed by atoms with Gasteiger partial charge in [-0.25, -0.2) is 14.6 Å². The minimum Gasteiger partial charge on any atom is -0.497 e. The second-order valence-corrected chi connectivity index (χ2v) is 13.8. The Morgan fingerprint density at radius 2 is 1.86 bits per heavy atom. The Morgan fingerprint density at radius 1 is 1.10 bits per heavy atom. The molecule has 4 N–H and O–H groups in total. The number of allylic oxidation sites excluding steroid dienone is 1. The number of methoxy groups -OCH3 is 2. The van der Waals surface area contributed by atoms with Crippen LogP contribution in [0, 0.1) is 11.3 Å². The van der Waals surface area contributed by atoms with Gasteiger partial charge in [0.15, 0.2) is 0 Å². The number of nitrogens with two attached hydrogens (primary N) is 2. The summed E-state index contributed by atoms with van der Waals surface area (Å²) in [6, 6.07) is 7.78. The van der Waals surface area contributed by atoms with Gasteiger partial charge < -0.3 is 39.5 Å². The molecule has 51 heavy (non-hydrogen) atoms. The summed E-state index contributed by atoms with van der Waals surface area (Å²) in [6.07, 6.45) is 0.0696. The lowest BCUT2D eigenvalue weighted by Gasteiger charge is -2.43. The molecular formula is C36H46ClF2N5O7. The van der Waals surface area contributed by atoms with Crippen molar-refractivity contribution in [2.75, 3.05) is 47.5 Å². The van der Waals surface area contributed by atoms with Crippen LogP contribution in [0.25, 0.3) is 0 Å². The van der Waals surface area contributed by atoms with Crippen molar-refractivity contribution in [3.8, 4) is 17.2 Å². The first kappa shape index (κ1) is 37.9. The van der Waals surface area contributed by atoms with Crippen molar-refractivity contribution in [2.45, 2.75) is 64.5 Å². The molecule has 2 unspecified atom stereocenters. The van der Waals surface area contributed by atoms with Crippen molar-refractivity contribution in [1.82, 2.24) is 14.8 Å². The Kier molecular flexibility index (Phi) is 11.9. The van der Waals surface area contributed by atoms with Crippen LogP contribution in [0.1, 0.15) is 61.8 Å². The smallest absolute Gasteiger partial charge is 0.312 e. The standard InChI is InChI=1S/C36H46ClF2N5O7/c1-36(35(47)51-19-21-9-10-22(48-3)17-29(21)49-4)14-5-7-24(36)34(46)44-16-13-23-25(37)11-12-28(50-20-26(40)32(33(38)39)42(2)41)31(23)27(44)18-43-15-6-8-30(43)45/h9-12,17,24,27,33H,5-8,13-16,18-20,40-41H2,1-4H3/b32-26-/t24?,27?,36-/m0/s1. The van der Waals surface area contributed by atoms with Crippen LogP contribution in [0.5, 0.6) is 17.2 Å². The van der Waals surface area contributed by atoms with Crippen molar-refractivity contribution in [3.63, 3.8) is 0 Å². The average Bonchev–Trinajstić information content (AvgIpc) is 3.71. The minimum atomic E-state index is -2.93. The number of hydrogen-bond donors (Lipinski definition) is 2. The lowest BCUT2D eigenvalue weighted by molar-refractivity contribution is -0.164. The molecule has 3 aliphatic rings. The second-order valence-electron chi connectivity index (χ2n) is 13.4. The first-order chi connectivity index (χ1) is 24.3. The Morgan fingerprint density at radius 3 is 2.51 bits per heavy atom. The van der Waals surface area contributed by atoms with Gasteiger partial charge in [0.1, 0.15) is 36.2 Å². The molecule has 2 aromatic carbocycles.